The van der Waals surface area contributed by atoms with E-state index < -0.39 is 0 Å². The first-order valence-electron chi connectivity index (χ1n) is 4.06. The molecule has 0 radical (unpaired) electrons. The number of aromatic amines is 1. The Hall–Kier alpha value is -0.760. The Labute approximate surface area is 67.3 Å². The molecule has 0 amide bonds. The second-order valence-corrected chi connectivity index (χ2v) is 2.74. The van der Waals surface area contributed by atoms with Gasteiger partial charge in [-0.1, -0.05) is 6.92 Å². The maximum atomic E-state index is 8.74. The number of hydrogen-bond donors (Lipinski definition) is 2. The third-order valence-electron chi connectivity index (χ3n) is 2.04. The zero-order chi connectivity index (χ0) is 8.27. The molecule has 0 unspecified atom stereocenters. The van der Waals surface area contributed by atoms with Gasteiger partial charge in [-0.2, -0.15) is 0 Å². The summed E-state index contributed by atoms with van der Waals surface area (Å²) in [4.78, 5) is 3.16. The molecule has 0 saturated heterocycles. The number of H-pyrrole nitrogens is 1. The number of aryl methyl sites for hydroxylation is 1. The van der Waals surface area contributed by atoms with Crippen molar-refractivity contribution in [2.24, 2.45) is 0 Å². The lowest BCUT2D eigenvalue weighted by atomic mass is 10.1. The molecular weight excluding hydrogens is 138 g/mol. The van der Waals surface area contributed by atoms with Crippen LogP contribution in [0.3, 0.4) is 0 Å². The third-order valence-corrected chi connectivity index (χ3v) is 2.04. The van der Waals surface area contributed by atoms with Crippen LogP contribution >= 0.6 is 0 Å². The van der Waals surface area contributed by atoms with Crippen molar-refractivity contribution in [3.8, 4) is 0 Å². The van der Waals surface area contributed by atoms with Crippen molar-refractivity contribution in [1.82, 2.24) is 4.98 Å². The van der Waals surface area contributed by atoms with Crippen LogP contribution in [0.4, 0.5) is 0 Å². The minimum Gasteiger partial charge on any atom is -0.396 e. The lowest BCUT2D eigenvalue weighted by Crippen LogP contribution is -1.93. The number of hydrogen-bond acceptors (Lipinski definition) is 1. The third kappa shape index (κ3) is 1.63. The van der Waals surface area contributed by atoms with Gasteiger partial charge in [0.15, 0.2) is 0 Å². The number of aromatic nitrogens is 1. The van der Waals surface area contributed by atoms with Gasteiger partial charge >= 0.3 is 0 Å². The summed E-state index contributed by atoms with van der Waals surface area (Å²) in [6.07, 6.45) is 3.81. The van der Waals surface area contributed by atoms with Gasteiger partial charge in [0, 0.05) is 18.5 Å². The van der Waals surface area contributed by atoms with Gasteiger partial charge in [0.25, 0.3) is 0 Å². The fraction of sp³-hybridized carbons (Fsp3) is 0.556. The minimum atomic E-state index is 0.240. The molecule has 0 aromatic carbocycles. The average Bonchev–Trinajstić information content (AvgIpc) is 2.33. The summed E-state index contributed by atoms with van der Waals surface area (Å²) in [6.45, 7) is 4.45. The average molecular weight is 153 g/mol. The molecule has 1 aromatic heterocycles. The maximum absolute atomic E-state index is 8.74. The minimum absolute atomic E-state index is 0.240. The molecule has 1 rings (SSSR count). The van der Waals surface area contributed by atoms with Crippen molar-refractivity contribution >= 4 is 0 Å². The standard InChI is InChI=1S/C9H15NO/c1-3-9-7(2)10-6-8(9)4-5-11/h6,10-11H,3-5H2,1-2H3. The second-order valence-electron chi connectivity index (χ2n) is 2.74. The molecule has 2 heteroatoms. The summed E-state index contributed by atoms with van der Waals surface area (Å²) in [6, 6.07) is 0. The van der Waals surface area contributed by atoms with Crippen LogP contribution in [-0.4, -0.2) is 16.7 Å². The first kappa shape index (κ1) is 8.34. The molecule has 0 aliphatic rings. The molecule has 0 aliphatic carbocycles. The SMILES string of the molecule is CCc1c(CCO)c[nH]c1C. The van der Waals surface area contributed by atoms with Gasteiger partial charge in [-0.25, -0.2) is 0 Å². The highest BCUT2D eigenvalue weighted by Crippen LogP contribution is 2.13. The molecule has 0 fully saturated rings. The fourth-order valence-electron chi connectivity index (χ4n) is 1.45. The zero-order valence-electron chi connectivity index (χ0n) is 7.15. The summed E-state index contributed by atoms with van der Waals surface area (Å²) in [5.41, 5.74) is 3.85. The Morgan fingerprint density at radius 3 is 2.82 bits per heavy atom. The van der Waals surface area contributed by atoms with Crippen LogP contribution in [0.25, 0.3) is 0 Å². The largest absolute Gasteiger partial charge is 0.396 e. The van der Waals surface area contributed by atoms with Crippen LogP contribution < -0.4 is 0 Å². The first-order valence-corrected chi connectivity index (χ1v) is 4.06. The van der Waals surface area contributed by atoms with Gasteiger partial charge in [-0.05, 0) is 30.9 Å². The molecule has 1 heterocycles. The van der Waals surface area contributed by atoms with Gasteiger partial charge in [-0.3, -0.25) is 0 Å². The van der Waals surface area contributed by atoms with E-state index in [-0.39, 0.29) is 6.61 Å². The van der Waals surface area contributed by atoms with Crippen molar-refractivity contribution in [3.63, 3.8) is 0 Å². The normalized spacial score (nSPS) is 10.5. The van der Waals surface area contributed by atoms with E-state index >= 15 is 0 Å². The highest BCUT2D eigenvalue weighted by Gasteiger charge is 2.04. The van der Waals surface area contributed by atoms with Crippen LogP contribution in [0.1, 0.15) is 23.7 Å². The van der Waals surface area contributed by atoms with E-state index in [2.05, 4.69) is 18.8 Å². The predicted molar refractivity (Wildman–Crippen MR) is 45.7 cm³/mol. The van der Waals surface area contributed by atoms with E-state index in [4.69, 9.17) is 5.11 Å². The van der Waals surface area contributed by atoms with Crippen molar-refractivity contribution < 1.29 is 5.11 Å². The molecule has 0 saturated carbocycles. The zero-order valence-corrected chi connectivity index (χ0v) is 7.15. The fourth-order valence-corrected chi connectivity index (χ4v) is 1.45. The van der Waals surface area contributed by atoms with E-state index in [1.54, 1.807) is 0 Å². The van der Waals surface area contributed by atoms with Gasteiger partial charge in [0.1, 0.15) is 0 Å². The van der Waals surface area contributed by atoms with E-state index in [1.807, 2.05) is 6.20 Å². The smallest absolute Gasteiger partial charge is 0.0472 e. The number of rotatable bonds is 3. The predicted octanol–water partition coefficient (Wildman–Crippen LogP) is 1.42. The van der Waals surface area contributed by atoms with Crippen molar-refractivity contribution in [2.45, 2.75) is 26.7 Å². The van der Waals surface area contributed by atoms with Crippen LogP contribution in [0.2, 0.25) is 0 Å². The molecule has 0 aliphatic heterocycles. The summed E-state index contributed by atoms with van der Waals surface area (Å²) in [5.74, 6) is 0. The molecule has 0 spiro atoms. The molecule has 0 atom stereocenters. The maximum Gasteiger partial charge on any atom is 0.0472 e. The summed E-state index contributed by atoms with van der Waals surface area (Å²) in [5, 5.41) is 8.74. The summed E-state index contributed by atoms with van der Waals surface area (Å²) in [7, 11) is 0. The Kier molecular flexibility index (Phi) is 2.71. The lowest BCUT2D eigenvalue weighted by molar-refractivity contribution is 0.299. The highest BCUT2D eigenvalue weighted by molar-refractivity contribution is 5.30. The van der Waals surface area contributed by atoms with Gasteiger partial charge in [0.05, 0.1) is 0 Å². The summed E-state index contributed by atoms with van der Waals surface area (Å²) < 4.78 is 0. The lowest BCUT2D eigenvalue weighted by Gasteiger charge is -1.98. The quantitative estimate of drug-likeness (QED) is 0.677. The van der Waals surface area contributed by atoms with Crippen molar-refractivity contribution in [3.05, 3.63) is 23.0 Å². The Morgan fingerprint density at radius 2 is 2.27 bits per heavy atom. The van der Waals surface area contributed by atoms with Gasteiger partial charge in [0.2, 0.25) is 0 Å². The number of nitrogens with one attached hydrogen (secondary N) is 1. The Bertz CT molecular complexity index is 227. The molecule has 62 valence electrons. The highest BCUT2D eigenvalue weighted by atomic mass is 16.2. The summed E-state index contributed by atoms with van der Waals surface area (Å²) >= 11 is 0. The van der Waals surface area contributed by atoms with Crippen molar-refractivity contribution in [2.75, 3.05) is 6.61 Å². The van der Waals surface area contributed by atoms with Crippen LogP contribution in [0, 0.1) is 6.92 Å². The topological polar surface area (TPSA) is 36.0 Å². The van der Waals surface area contributed by atoms with E-state index in [0.717, 1.165) is 12.8 Å². The first-order chi connectivity index (χ1) is 5.29. The molecule has 2 N–H and O–H groups in total. The monoisotopic (exact) mass is 153 g/mol. The molecule has 2 nitrogen and oxygen atoms in total. The van der Waals surface area contributed by atoms with E-state index in [0.29, 0.717) is 0 Å². The molecule has 1 aromatic rings. The second kappa shape index (κ2) is 3.58. The van der Waals surface area contributed by atoms with Crippen LogP contribution in [0.15, 0.2) is 6.20 Å². The number of aliphatic hydroxyl groups is 1. The Morgan fingerprint density at radius 1 is 1.55 bits per heavy atom. The van der Waals surface area contributed by atoms with Crippen LogP contribution in [-0.2, 0) is 12.8 Å². The van der Waals surface area contributed by atoms with Gasteiger partial charge < -0.3 is 10.1 Å². The number of aliphatic hydroxyl groups excluding tert-OH is 1. The molecule has 11 heavy (non-hydrogen) atoms. The van der Waals surface area contributed by atoms with E-state index in [1.165, 1.54) is 16.8 Å². The van der Waals surface area contributed by atoms with Crippen molar-refractivity contribution in [1.29, 1.82) is 0 Å². The van der Waals surface area contributed by atoms with Crippen LogP contribution in [0.5, 0.6) is 0 Å². The van der Waals surface area contributed by atoms with Gasteiger partial charge in [-0.15, -0.1) is 0 Å². The Balaban J connectivity index is 2.86. The molecular formula is C9H15NO. The van der Waals surface area contributed by atoms with E-state index in [9.17, 15) is 0 Å². The molecule has 0 bridgehead atoms.